The van der Waals surface area contributed by atoms with Gasteiger partial charge in [-0.1, -0.05) is 24.3 Å². The predicted octanol–water partition coefficient (Wildman–Crippen LogP) is 3.90. The second kappa shape index (κ2) is 11.2. The van der Waals surface area contributed by atoms with E-state index in [1.165, 1.54) is 0 Å². The third-order valence-electron chi connectivity index (χ3n) is 8.18. The summed E-state index contributed by atoms with van der Waals surface area (Å²) in [5.41, 5.74) is 9.25. The zero-order valence-corrected chi connectivity index (χ0v) is 23.8. The molecule has 3 heterocycles. The van der Waals surface area contributed by atoms with Gasteiger partial charge >= 0.3 is 7.12 Å². The maximum atomic E-state index is 13.2. The fraction of sp³-hybridized carbons (Fsp3) is 0.433. The van der Waals surface area contributed by atoms with Crippen LogP contribution in [0.15, 0.2) is 54.9 Å². The summed E-state index contributed by atoms with van der Waals surface area (Å²) in [5.74, 6) is 0.430. The van der Waals surface area contributed by atoms with Crippen LogP contribution in [0.5, 0.6) is 5.88 Å². The highest BCUT2D eigenvalue weighted by atomic mass is 16.7. The molecule has 0 radical (unpaired) electrons. The minimum atomic E-state index is -0.393. The first-order valence-electron chi connectivity index (χ1n) is 13.7. The van der Waals surface area contributed by atoms with E-state index >= 15 is 0 Å². The third-order valence-corrected chi connectivity index (χ3v) is 8.18. The molecular weight excluding hydrogens is 507 g/mol. The van der Waals surface area contributed by atoms with Crippen molar-refractivity contribution in [1.82, 2.24) is 15.3 Å². The predicted molar refractivity (Wildman–Crippen MR) is 154 cm³/mol. The number of hydrogen-bond acceptors (Lipinski definition) is 8. The van der Waals surface area contributed by atoms with Crippen molar-refractivity contribution >= 4 is 24.3 Å². The number of carbonyl (C=O) groups is 1. The summed E-state index contributed by atoms with van der Waals surface area (Å²) in [6.07, 6.45) is 5.91. The first kappa shape index (κ1) is 28.1. The molecule has 40 heavy (non-hydrogen) atoms. The van der Waals surface area contributed by atoms with Crippen LogP contribution in [-0.2, 0) is 20.7 Å². The molecule has 10 heteroatoms. The van der Waals surface area contributed by atoms with Crippen LogP contribution in [-0.4, -0.2) is 53.5 Å². The Bertz CT molecular complexity index is 1330. The van der Waals surface area contributed by atoms with Gasteiger partial charge in [0.05, 0.1) is 42.6 Å². The number of rotatable bonds is 8. The summed E-state index contributed by atoms with van der Waals surface area (Å²) >= 11 is 0. The molecule has 5 rings (SSSR count). The van der Waals surface area contributed by atoms with Gasteiger partial charge in [-0.3, -0.25) is 4.79 Å². The molecule has 3 aromatic rings. The summed E-state index contributed by atoms with van der Waals surface area (Å²) in [5, 5.41) is 3.13. The molecular formula is C30H37BN4O5. The summed E-state index contributed by atoms with van der Waals surface area (Å²) < 4.78 is 23.7. The number of amides is 1. The normalized spacial score (nSPS) is 21.4. The minimum absolute atomic E-state index is 0.0881. The Balaban J connectivity index is 1.19. The van der Waals surface area contributed by atoms with Crippen molar-refractivity contribution in [3.63, 3.8) is 0 Å². The fourth-order valence-electron chi connectivity index (χ4n) is 4.98. The van der Waals surface area contributed by atoms with Crippen LogP contribution < -0.4 is 21.3 Å². The van der Waals surface area contributed by atoms with E-state index in [0.29, 0.717) is 18.1 Å². The molecule has 2 aliphatic rings. The number of pyridine rings is 2. The lowest BCUT2D eigenvalue weighted by Crippen LogP contribution is -2.41. The van der Waals surface area contributed by atoms with Crippen molar-refractivity contribution in [1.29, 1.82) is 0 Å². The summed E-state index contributed by atoms with van der Waals surface area (Å²) in [7, 11) is 1.17. The van der Waals surface area contributed by atoms with Gasteiger partial charge in [0.25, 0.3) is 5.91 Å². The lowest BCUT2D eigenvalue weighted by Gasteiger charge is -2.32. The Morgan fingerprint density at radius 2 is 1.73 bits per heavy atom. The number of nitrogens with one attached hydrogen (secondary N) is 1. The molecule has 2 aromatic heterocycles. The number of nitrogens with zero attached hydrogens (tertiary/aromatic N) is 2. The molecule has 210 valence electrons. The molecule has 9 nitrogen and oxygen atoms in total. The highest BCUT2D eigenvalue weighted by Gasteiger charge is 2.51. The molecule has 0 spiro atoms. The zero-order valence-electron chi connectivity index (χ0n) is 23.8. The Hall–Kier alpha value is -3.47. The average molecular weight is 544 g/mol. The smallest absolute Gasteiger partial charge is 0.481 e. The SMILES string of the molecule is COc1ccc(-c2cnc(N)c(C(=O)N[C@H]3CCC[C@@H]3OCc3ccc(B4OC(C)(C)C(C)(C)O4)cc3)c2)cn1. The third kappa shape index (κ3) is 5.84. The number of anilines is 1. The number of nitrogens with two attached hydrogens (primary N) is 1. The van der Waals surface area contributed by atoms with Crippen LogP contribution in [0, 0.1) is 0 Å². The molecule has 1 aliphatic heterocycles. The van der Waals surface area contributed by atoms with E-state index in [1.54, 1.807) is 31.6 Å². The zero-order chi connectivity index (χ0) is 28.5. The van der Waals surface area contributed by atoms with E-state index in [0.717, 1.165) is 41.4 Å². The summed E-state index contributed by atoms with van der Waals surface area (Å²) in [6.45, 7) is 8.64. The van der Waals surface area contributed by atoms with Crippen LogP contribution in [0.1, 0.15) is 62.9 Å². The second-order valence-electron chi connectivity index (χ2n) is 11.4. The molecule has 1 saturated heterocycles. The minimum Gasteiger partial charge on any atom is -0.481 e. The van der Waals surface area contributed by atoms with E-state index in [4.69, 9.17) is 24.5 Å². The first-order valence-corrected chi connectivity index (χ1v) is 13.7. The number of methoxy groups -OCH3 is 1. The van der Waals surface area contributed by atoms with E-state index in [-0.39, 0.29) is 35.1 Å². The number of carbonyl (C=O) groups excluding carboxylic acids is 1. The van der Waals surface area contributed by atoms with Crippen LogP contribution >= 0.6 is 0 Å². The van der Waals surface area contributed by atoms with Gasteiger partial charge in [-0.15, -0.1) is 0 Å². The van der Waals surface area contributed by atoms with Crippen LogP contribution in [0.25, 0.3) is 11.1 Å². The van der Waals surface area contributed by atoms with Crippen molar-refractivity contribution in [2.24, 2.45) is 0 Å². The topological polar surface area (TPSA) is 118 Å². The fourth-order valence-corrected chi connectivity index (χ4v) is 4.98. The number of aromatic nitrogens is 2. The standard InChI is InChI=1S/C30H37BN4O5/c1-29(2)30(3,4)40-31(39-29)22-12-9-19(10-13-22)18-38-25-8-6-7-24(25)35-28(36)23-15-21(17-34-27(23)32)20-11-14-26(37-5)33-16-20/h9-17,24-25H,6-8,18H2,1-5H3,(H2,32,34)(H,35,36)/t24-,25-/m0/s1. The Labute approximate surface area is 235 Å². The average Bonchev–Trinajstić information content (AvgIpc) is 3.47. The quantitative estimate of drug-likeness (QED) is 0.410. The van der Waals surface area contributed by atoms with Gasteiger partial charge in [0.15, 0.2) is 0 Å². The van der Waals surface area contributed by atoms with Crippen molar-refractivity contribution in [2.75, 3.05) is 12.8 Å². The molecule has 2 atom stereocenters. The number of ether oxygens (including phenoxy) is 2. The Morgan fingerprint density at radius 3 is 2.38 bits per heavy atom. The molecule has 0 bridgehead atoms. The molecule has 1 aromatic carbocycles. The Morgan fingerprint density at radius 1 is 1.02 bits per heavy atom. The van der Waals surface area contributed by atoms with Gasteiger partial charge < -0.3 is 29.8 Å². The van der Waals surface area contributed by atoms with Gasteiger partial charge in [0, 0.05) is 29.6 Å². The molecule has 1 saturated carbocycles. The summed E-state index contributed by atoms with van der Waals surface area (Å²) in [6, 6.07) is 13.4. The number of nitrogen functional groups attached to an aromatic ring is 1. The van der Waals surface area contributed by atoms with Crippen molar-refractivity contribution < 1.29 is 23.6 Å². The van der Waals surface area contributed by atoms with Crippen molar-refractivity contribution in [3.8, 4) is 17.0 Å². The molecule has 1 amide bonds. The van der Waals surface area contributed by atoms with Gasteiger partial charge in [-0.25, -0.2) is 9.97 Å². The second-order valence-corrected chi connectivity index (χ2v) is 11.4. The Kier molecular flexibility index (Phi) is 7.86. The van der Waals surface area contributed by atoms with Crippen LogP contribution in [0.2, 0.25) is 0 Å². The van der Waals surface area contributed by atoms with Crippen LogP contribution in [0.4, 0.5) is 5.82 Å². The van der Waals surface area contributed by atoms with Gasteiger partial charge in [-0.05, 0) is 70.1 Å². The van der Waals surface area contributed by atoms with E-state index in [9.17, 15) is 4.79 Å². The largest absolute Gasteiger partial charge is 0.494 e. The van der Waals surface area contributed by atoms with Crippen molar-refractivity contribution in [2.45, 2.75) is 76.9 Å². The van der Waals surface area contributed by atoms with E-state index in [1.807, 2.05) is 58.0 Å². The first-order chi connectivity index (χ1) is 19.1. The lowest BCUT2D eigenvalue weighted by atomic mass is 9.79. The molecule has 0 unspecified atom stereocenters. The maximum Gasteiger partial charge on any atom is 0.494 e. The molecule has 3 N–H and O–H groups in total. The molecule has 2 fully saturated rings. The van der Waals surface area contributed by atoms with Gasteiger partial charge in [-0.2, -0.15) is 0 Å². The van der Waals surface area contributed by atoms with E-state index < -0.39 is 7.12 Å². The van der Waals surface area contributed by atoms with Crippen molar-refractivity contribution in [3.05, 3.63) is 66.0 Å². The highest BCUT2D eigenvalue weighted by Crippen LogP contribution is 2.36. The van der Waals surface area contributed by atoms with Gasteiger partial charge in [0.2, 0.25) is 5.88 Å². The number of hydrogen-bond donors (Lipinski definition) is 2. The number of benzene rings is 1. The monoisotopic (exact) mass is 544 g/mol. The van der Waals surface area contributed by atoms with E-state index in [2.05, 4.69) is 15.3 Å². The summed E-state index contributed by atoms with van der Waals surface area (Å²) in [4.78, 5) is 21.7. The lowest BCUT2D eigenvalue weighted by molar-refractivity contribution is 0.00578. The van der Waals surface area contributed by atoms with Crippen LogP contribution in [0.3, 0.4) is 0 Å². The highest BCUT2D eigenvalue weighted by molar-refractivity contribution is 6.62. The van der Waals surface area contributed by atoms with Gasteiger partial charge in [0.1, 0.15) is 5.82 Å². The molecule has 1 aliphatic carbocycles. The maximum absolute atomic E-state index is 13.2.